The molecule has 7 atom stereocenters. The normalized spacial score (nSPS) is 20.2. The minimum Gasteiger partial charge on any atom is -0.394 e. The van der Waals surface area contributed by atoms with Crippen LogP contribution in [0.1, 0.15) is 213 Å². The highest BCUT2D eigenvalue weighted by molar-refractivity contribution is 5.76. The zero-order valence-electron chi connectivity index (χ0n) is 44.2. The molecule has 1 saturated heterocycles. The first kappa shape index (κ1) is 64.9. The highest BCUT2D eigenvalue weighted by Crippen LogP contribution is 2.23. The van der Waals surface area contributed by atoms with Crippen molar-refractivity contribution in [2.75, 3.05) is 13.2 Å². The van der Waals surface area contributed by atoms with Gasteiger partial charge in [0.15, 0.2) is 6.29 Å². The van der Waals surface area contributed by atoms with E-state index in [0.717, 1.165) is 96.3 Å². The number of nitrogens with one attached hydrogen (secondary N) is 1. The second kappa shape index (κ2) is 49.4. The van der Waals surface area contributed by atoms with Crippen molar-refractivity contribution in [2.45, 2.75) is 256 Å². The van der Waals surface area contributed by atoms with Gasteiger partial charge in [0.1, 0.15) is 24.4 Å². The molecule has 0 radical (unpaired) electrons. The summed E-state index contributed by atoms with van der Waals surface area (Å²) in [7, 11) is 0. The second-order valence-electron chi connectivity index (χ2n) is 19.0. The maximum Gasteiger partial charge on any atom is 0.220 e. The third kappa shape index (κ3) is 38.5. The molecule has 1 aliphatic heterocycles. The zero-order valence-corrected chi connectivity index (χ0v) is 44.2. The molecule has 0 bridgehead atoms. The first-order valence-corrected chi connectivity index (χ1v) is 28.1. The van der Waals surface area contributed by atoms with Crippen LogP contribution in [0.5, 0.6) is 0 Å². The van der Waals surface area contributed by atoms with Gasteiger partial charge in [-0.1, -0.05) is 220 Å². The number of hydrogen-bond donors (Lipinski definition) is 6. The fourth-order valence-corrected chi connectivity index (χ4v) is 8.13. The summed E-state index contributed by atoms with van der Waals surface area (Å²) in [6.45, 7) is 3.62. The molecule has 0 spiro atoms. The van der Waals surface area contributed by atoms with E-state index < -0.39 is 49.5 Å². The van der Waals surface area contributed by atoms with Crippen LogP contribution >= 0.6 is 0 Å². The average molecular weight is 978 g/mol. The van der Waals surface area contributed by atoms with Crippen LogP contribution in [0.15, 0.2) is 109 Å². The lowest BCUT2D eigenvalue weighted by Gasteiger charge is -2.40. The molecule has 9 heteroatoms. The van der Waals surface area contributed by atoms with Crippen LogP contribution in [-0.2, 0) is 14.3 Å². The Balaban J connectivity index is 2.23. The maximum atomic E-state index is 13.0. The van der Waals surface area contributed by atoms with Gasteiger partial charge in [-0.3, -0.25) is 4.79 Å². The highest BCUT2D eigenvalue weighted by Gasteiger charge is 2.44. The SMILES string of the molecule is CC/C=C\C/C=C\C/C=C\C/C=C\C/C=C\C/C=C\CCCCCCCCCCCCCCC(=O)NC(COC1OC(CO)C(O)C(O)C1O)C(O)/C=C/CC/C=C/CC/C=C/CCCCCCCC. The molecule has 1 heterocycles. The molecule has 0 saturated carbocycles. The summed E-state index contributed by atoms with van der Waals surface area (Å²) in [6, 6.07) is -0.836. The van der Waals surface area contributed by atoms with Gasteiger partial charge in [0, 0.05) is 6.42 Å². The quantitative estimate of drug-likeness (QED) is 0.0261. The van der Waals surface area contributed by atoms with Crippen molar-refractivity contribution in [3.8, 4) is 0 Å². The minimum atomic E-state index is -1.58. The van der Waals surface area contributed by atoms with Crippen molar-refractivity contribution in [3.05, 3.63) is 109 Å². The molecule has 6 N–H and O–H groups in total. The number of rotatable bonds is 46. The number of carbonyl (C=O) groups is 1. The van der Waals surface area contributed by atoms with Gasteiger partial charge in [0.2, 0.25) is 5.91 Å². The fraction of sp³-hybridized carbons (Fsp3) is 0.689. The van der Waals surface area contributed by atoms with E-state index in [9.17, 15) is 30.3 Å². The molecule has 0 aromatic rings. The Morgan fingerprint density at radius 3 is 1.37 bits per heavy atom. The number of carbonyl (C=O) groups excluding carboxylic acids is 1. The third-order valence-corrected chi connectivity index (χ3v) is 12.6. The Morgan fingerprint density at radius 1 is 0.500 bits per heavy atom. The fourth-order valence-electron chi connectivity index (χ4n) is 8.13. The molecule has 0 aromatic heterocycles. The lowest BCUT2D eigenvalue weighted by atomic mass is 9.99. The molecule has 70 heavy (non-hydrogen) atoms. The minimum absolute atomic E-state index is 0.198. The van der Waals surface area contributed by atoms with Gasteiger partial charge >= 0.3 is 0 Å². The molecule has 0 aromatic carbocycles. The van der Waals surface area contributed by atoms with E-state index in [0.29, 0.717) is 6.42 Å². The van der Waals surface area contributed by atoms with Gasteiger partial charge in [-0.25, -0.2) is 0 Å². The van der Waals surface area contributed by atoms with Crippen LogP contribution in [0.3, 0.4) is 0 Å². The van der Waals surface area contributed by atoms with E-state index in [1.54, 1.807) is 6.08 Å². The monoisotopic (exact) mass is 978 g/mol. The van der Waals surface area contributed by atoms with Gasteiger partial charge in [0.05, 0.1) is 25.4 Å². The van der Waals surface area contributed by atoms with Crippen molar-refractivity contribution < 1.29 is 39.8 Å². The first-order valence-electron chi connectivity index (χ1n) is 28.1. The van der Waals surface area contributed by atoms with E-state index >= 15 is 0 Å². The predicted octanol–water partition coefficient (Wildman–Crippen LogP) is 13.8. The smallest absolute Gasteiger partial charge is 0.220 e. The largest absolute Gasteiger partial charge is 0.394 e. The maximum absolute atomic E-state index is 13.0. The molecule has 1 rings (SSSR count). The third-order valence-electron chi connectivity index (χ3n) is 12.6. The molecule has 9 nitrogen and oxygen atoms in total. The topological polar surface area (TPSA) is 149 Å². The van der Waals surface area contributed by atoms with Crippen molar-refractivity contribution in [3.63, 3.8) is 0 Å². The number of unbranched alkanes of at least 4 members (excludes halogenated alkanes) is 20. The van der Waals surface area contributed by atoms with Crippen LogP contribution in [-0.4, -0.2) is 87.5 Å². The van der Waals surface area contributed by atoms with E-state index in [-0.39, 0.29) is 12.5 Å². The Labute approximate surface area is 427 Å². The number of ether oxygens (including phenoxy) is 2. The first-order chi connectivity index (χ1) is 34.3. The van der Waals surface area contributed by atoms with Gasteiger partial charge in [-0.15, -0.1) is 0 Å². The standard InChI is InChI=1S/C61H103NO8/c1-3-5-7-9-11-13-15-17-19-21-22-23-24-25-26-27-28-29-30-31-32-33-34-35-37-39-41-43-45-47-49-51-57(65)62-54(53-69-61-60(68)59(67)58(66)56(52-63)70-61)55(64)50-48-46-44-42-40-38-36-20-18-16-14-12-10-8-6-4-2/h5,7,11,13,17-20,22-23,25-26,28-29,40,42,48,50,54-56,58-61,63-64,66-68H,3-4,6,8-10,12,14-16,21,24,27,30-39,41,43-47,49,51-53H2,1-2H3,(H,62,65)/b7-5-,13-11-,19-17-,20-18+,23-22-,26-25-,29-28-,42-40+,50-48+. The van der Waals surface area contributed by atoms with E-state index in [4.69, 9.17) is 9.47 Å². The van der Waals surface area contributed by atoms with Gasteiger partial charge in [-0.05, 0) is 96.3 Å². The molecular weight excluding hydrogens is 875 g/mol. The van der Waals surface area contributed by atoms with Crippen molar-refractivity contribution in [1.82, 2.24) is 5.32 Å². The summed E-state index contributed by atoms with van der Waals surface area (Å²) in [4.78, 5) is 13.0. The van der Waals surface area contributed by atoms with Crippen LogP contribution < -0.4 is 5.32 Å². The van der Waals surface area contributed by atoms with Crippen LogP contribution in [0, 0.1) is 0 Å². The summed E-state index contributed by atoms with van der Waals surface area (Å²) in [5.74, 6) is -0.198. The van der Waals surface area contributed by atoms with Crippen molar-refractivity contribution in [2.24, 2.45) is 0 Å². The lowest BCUT2D eigenvalue weighted by Crippen LogP contribution is -2.60. The highest BCUT2D eigenvalue weighted by atomic mass is 16.7. The predicted molar refractivity (Wildman–Crippen MR) is 294 cm³/mol. The summed E-state index contributed by atoms with van der Waals surface area (Å²) in [6.07, 6.45) is 65.7. The lowest BCUT2D eigenvalue weighted by molar-refractivity contribution is -0.302. The second-order valence-corrected chi connectivity index (χ2v) is 19.0. The molecule has 0 aliphatic carbocycles. The number of hydrogen-bond acceptors (Lipinski definition) is 8. The number of allylic oxidation sites excluding steroid dienone is 17. The Morgan fingerprint density at radius 2 is 0.900 bits per heavy atom. The zero-order chi connectivity index (χ0) is 50.8. The molecule has 7 unspecified atom stereocenters. The number of aliphatic hydroxyl groups is 5. The van der Waals surface area contributed by atoms with Crippen LogP contribution in [0.4, 0.5) is 0 Å². The van der Waals surface area contributed by atoms with E-state index in [1.165, 1.54) is 96.3 Å². The van der Waals surface area contributed by atoms with Crippen LogP contribution in [0.2, 0.25) is 0 Å². The Kier molecular flexibility index (Phi) is 45.8. The molecule has 1 amide bonds. The van der Waals surface area contributed by atoms with Crippen molar-refractivity contribution in [1.29, 1.82) is 0 Å². The van der Waals surface area contributed by atoms with Gasteiger partial charge in [-0.2, -0.15) is 0 Å². The molecular formula is C61H103NO8. The van der Waals surface area contributed by atoms with Gasteiger partial charge < -0.3 is 40.3 Å². The molecule has 1 aliphatic rings. The molecule has 1 fully saturated rings. The van der Waals surface area contributed by atoms with E-state index in [1.807, 2.05) is 6.08 Å². The van der Waals surface area contributed by atoms with Gasteiger partial charge in [0.25, 0.3) is 0 Å². The van der Waals surface area contributed by atoms with Crippen LogP contribution in [0.25, 0.3) is 0 Å². The summed E-state index contributed by atoms with van der Waals surface area (Å²) in [5.41, 5.74) is 0. The summed E-state index contributed by atoms with van der Waals surface area (Å²) < 4.78 is 11.2. The number of aliphatic hydroxyl groups excluding tert-OH is 5. The summed E-state index contributed by atoms with van der Waals surface area (Å²) >= 11 is 0. The Bertz CT molecular complexity index is 1460. The summed E-state index contributed by atoms with van der Waals surface area (Å²) in [5, 5.41) is 54.4. The van der Waals surface area contributed by atoms with E-state index in [2.05, 4.69) is 116 Å². The average Bonchev–Trinajstić information content (AvgIpc) is 3.36. The van der Waals surface area contributed by atoms with Crippen molar-refractivity contribution >= 4 is 5.91 Å². The Hall–Kier alpha value is -3.15. The number of amides is 1. The molecule has 400 valence electrons.